The van der Waals surface area contributed by atoms with E-state index in [2.05, 4.69) is 10.1 Å². The van der Waals surface area contributed by atoms with E-state index in [-0.39, 0.29) is 18.3 Å². The maximum absolute atomic E-state index is 12.1. The van der Waals surface area contributed by atoms with Crippen molar-refractivity contribution in [2.45, 2.75) is 20.0 Å². The van der Waals surface area contributed by atoms with Gasteiger partial charge in [0.2, 0.25) is 0 Å². The molecule has 8 heteroatoms. The molecular weight excluding hydrogens is 372 g/mol. The van der Waals surface area contributed by atoms with Crippen LogP contribution in [0.1, 0.15) is 22.8 Å². The fourth-order valence-electron chi connectivity index (χ4n) is 2.36. The van der Waals surface area contributed by atoms with Gasteiger partial charge in [0.25, 0.3) is 5.91 Å². The van der Waals surface area contributed by atoms with Crippen LogP contribution in [0.2, 0.25) is 0 Å². The normalized spacial score (nSPS) is 10.4. The van der Waals surface area contributed by atoms with Gasteiger partial charge in [-0.1, -0.05) is 12.1 Å². The molecule has 0 radical (unpaired) electrons. The SMILES string of the molecule is CCOc1cc(C=O)ccc1OCC(=O)NCCc1ccc(OC(F)F)cc1. The molecule has 0 heterocycles. The molecule has 0 atom stereocenters. The highest BCUT2D eigenvalue weighted by atomic mass is 19.3. The predicted octanol–water partition coefficient (Wildman–Crippen LogP) is 3.24. The van der Waals surface area contributed by atoms with E-state index in [0.29, 0.717) is 42.9 Å². The van der Waals surface area contributed by atoms with Crippen molar-refractivity contribution < 1.29 is 32.6 Å². The number of ether oxygens (including phenoxy) is 3. The van der Waals surface area contributed by atoms with Crippen molar-refractivity contribution in [2.24, 2.45) is 0 Å². The number of halogens is 2. The zero-order valence-corrected chi connectivity index (χ0v) is 15.3. The molecule has 0 aliphatic rings. The summed E-state index contributed by atoms with van der Waals surface area (Å²) in [7, 11) is 0. The lowest BCUT2D eigenvalue weighted by Crippen LogP contribution is -2.30. The van der Waals surface area contributed by atoms with Crippen LogP contribution >= 0.6 is 0 Å². The molecule has 0 spiro atoms. The standard InChI is InChI=1S/C20H21F2NO5/c1-2-26-18-11-15(12-24)5-8-17(18)27-13-19(25)23-10-9-14-3-6-16(7-4-14)28-20(21)22/h3-8,11-12,20H,2,9-10,13H2,1H3,(H,23,25). The zero-order valence-electron chi connectivity index (χ0n) is 15.3. The van der Waals surface area contributed by atoms with Crippen LogP contribution in [0.5, 0.6) is 17.2 Å². The minimum Gasteiger partial charge on any atom is -0.490 e. The Bertz CT molecular complexity index is 781. The molecule has 0 bridgehead atoms. The van der Waals surface area contributed by atoms with Gasteiger partial charge in [-0.3, -0.25) is 9.59 Å². The Morgan fingerprint density at radius 2 is 1.86 bits per heavy atom. The highest BCUT2D eigenvalue weighted by molar-refractivity contribution is 5.78. The molecule has 1 N–H and O–H groups in total. The van der Waals surface area contributed by atoms with Crippen LogP contribution in [-0.4, -0.2) is 38.6 Å². The summed E-state index contributed by atoms with van der Waals surface area (Å²) in [6.07, 6.45) is 1.23. The van der Waals surface area contributed by atoms with E-state index in [9.17, 15) is 18.4 Å². The van der Waals surface area contributed by atoms with Crippen molar-refractivity contribution in [3.05, 3.63) is 53.6 Å². The lowest BCUT2D eigenvalue weighted by molar-refractivity contribution is -0.123. The van der Waals surface area contributed by atoms with Crippen molar-refractivity contribution in [3.8, 4) is 17.2 Å². The molecule has 6 nitrogen and oxygen atoms in total. The van der Waals surface area contributed by atoms with Gasteiger partial charge in [0, 0.05) is 12.1 Å². The molecule has 28 heavy (non-hydrogen) atoms. The van der Waals surface area contributed by atoms with Gasteiger partial charge in [-0.15, -0.1) is 0 Å². The molecule has 0 aliphatic heterocycles. The van der Waals surface area contributed by atoms with Crippen molar-refractivity contribution in [2.75, 3.05) is 19.8 Å². The van der Waals surface area contributed by atoms with Crippen LogP contribution in [0.25, 0.3) is 0 Å². The summed E-state index contributed by atoms with van der Waals surface area (Å²) in [5.41, 5.74) is 1.32. The summed E-state index contributed by atoms with van der Waals surface area (Å²) in [4.78, 5) is 22.8. The number of aldehydes is 1. The van der Waals surface area contributed by atoms with Crippen molar-refractivity contribution in [1.29, 1.82) is 0 Å². The van der Waals surface area contributed by atoms with Crippen LogP contribution in [0.15, 0.2) is 42.5 Å². The fourth-order valence-corrected chi connectivity index (χ4v) is 2.36. The van der Waals surface area contributed by atoms with E-state index in [4.69, 9.17) is 9.47 Å². The van der Waals surface area contributed by atoms with Crippen LogP contribution in [0.4, 0.5) is 8.78 Å². The van der Waals surface area contributed by atoms with Gasteiger partial charge in [-0.2, -0.15) is 8.78 Å². The van der Waals surface area contributed by atoms with Gasteiger partial charge in [-0.25, -0.2) is 0 Å². The number of carbonyl (C=O) groups excluding carboxylic acids is 2. The second kappa shape index (κ2) is 10.9. The number of amides is 1. The maximum Gasteiger partial charge on any atom is 0.387 e. The van der Waals surface area contributed by atoms with Crippen LogP contribution < -0.4 is 19.5 Å². The molecule has 0 saturated carbocycles. The number of rotatable bonds is 11. The largest absolute Gasteiger partial charge is 0.490 e. The topological polar surface area (TPSA) is 73.9 Å². The average Bonchev–Trinajstić information content (AvgIpc) is 2.68. The highest BCUT2D eigenvalue weighted by Gasteiger charge is 2.09. The van der Waals surface area contributed by atoms with Crippen LogP contribution in [0.3, 0.4) is 0 Å². The molecule has 0 saturated heterocycles. The maximum atomic E-state index is 12.1. The third-order valence-corrected chi connectivity index (χ3v) is 3.65. The Morgan fingerprint density at radius 1 is 1.11 bits per heavy atom. The van der Waals surface area contributed by atoms with Gasteiger partial charge >= 0.3 is 6.61 Å². The van der Waals surface area contributed by atoms with Gasteiger partial charge in [0.05, 0.1) is 6.61 Å². The number of carbonyl (C=O) groups is 2. The van der Waals surface area contributed by atoms with E-state index in [1.165, 1.54) is 12.1 Å². The Labute approximate surface area is 161 Å². The van der Waals surface area contributed by atoms with Gasteiger partial charge in [0.15, 0.2) is 18.1 Å². The molecule has 2 rings (SSSR count). The third kappa shape index (κ3) is 6.86. The molecule has 0 unspecified atom stereocenters. The van der Waals surface area contributed by atoms with E-state index >= 15 is 0 Å². The minimum absolute atomic E-state index is 0.0851. The molecule has 0 aliphatic carbocycles. The van der Waals surface area contributed by atoms with Crippen LogP contribution in [-0.2, 0) is 11.2 Å². The molecule has 2 aromatic rings. The zero-order chi connectivity index (χ0) is 20.4. The summed E-state index contributed by atoms with van der Waals surface area (Å²) in [6, 6.07) is 10.9. The number of alkyl halides is 2. The summed E-state index contributed by atoms with van der Waals surface area (Å²) in [5.74, 6) is 0.532. The molecule has 0 fully saturated rings. The summed E-state index contributed by atoms with van der Waals surface area (Å²) in [6.45, 7) is -0.508. The Kier molecular flexibility index (Phi) is 8.20. The molecule has 2 aromatic carbocycles. The average molecular weight is 393 g/mol. The first kappa shape index (κ1) is 21.1. The molecule has 0 aromatic heterocycles. The molecule has 150 valence electrons. The minimum atomic E-state index is -2.86. The highest BCUT2D eigenvalue weighted by Crippen LogP contribution is 2.28. The quantitative estimate of drug-likeness (QED) is 0.594. The lowest BCUT2D eigenvalue weighted by atomic mass is 10.1. The first-order chi connectivity index (χ1) is 13.5. The van der Waals surface area contributed by atoms with E-state index in [0.717, 1.165) is 5.56 Å². The Hall–Kier alpha value is -3.16. The summed E-state index contributed by atoms with van der Waals surface area (Å²) < 4.78 is 39.4. The van der Waals surface area contributed by atoms with E-state index < -0.39 is 6.61 Å². The first-order valence-corrected chi connectivity index (χ1v) is 8.67. The first-order valence-electron chi connectivity index (χ1n) is 8.67. The summed E-state index contributed by atoms with van der Waals surface area (Å²) in [5, 5.41) is 2.71. The van der Waals surface area contributed by atoms with E-state index in [1.807, 2.05) is 0 Å². The smallest absolute Gasteiger partial charge is 0.387 e. The van der Waals surface area contributed by atoms with Gasteiger partial charge in [0.1, 0.15) is 12.0 Å². The van der Waals surface area contributed by atoms with Crippen molar-refractivity contribution in [3.63, 3.8) is 0 Å². The number of hydrogen-bond donors (Lipinski definition) is 1. The number of nitrogens with one attached hydrogen (secondary N) is 1. The van der Waals surface area contributed by atoms with Crippen molar-refractivity contribution >= 4 is 12.2 Å². The molecule has 1 amide bonds. The fraction of sp³-hybridized carbons (Fsp3) is 0.300. The second-order valence-corrected chi connectivity index (χ2v) is 5.67. The van der Waals surface area contributed by atoms with Gasteiger partial charge < -0.3 is 19.5 Å². The number of benzene rings is 2. The van der Waals surface area contributed by atoms with E-state index in [1.54, 1.807) is 37.3 Å². The Morgan fingerprint density at radius 3 is 2.50 bits per heavy atom. The third-order valence-electron chi connectivity index (χ3n) is 3.65. The summed E-state index contributed by atoms with van der Waals surface area (Å²) >= 11 is 0. The Balaban J connectivity index is 1.78. The van der Waals surface area contributed by atoms with Crippen molar-refractivity contribution in [1.82, 2.24) is 5.32 Å². The van der Waals surface area contributed by atoms with Gasteiger partial charge in [-0.05, 0) is 49.2 Å². The molecular formula is C20H21F2NO5. The number of hydrogen-bond acceptors (Lipinski definition) is 5. The lowest BCUT2D eigenvalue weighted by Gasteiger charge is -2.12. The van der Waals surface area contributed by atoms with Crippen LogP contribution in [0, 0.1) is 0 Å². The monoisotopic (exact) mass is 393 g/mol. The predicted molar refractivity (Wildman–Crippen MR) is 98.3 cm³/mol. The second-order valence-electron chi connectivity index (χ2n) is 5.67.